The number of piperidine rings is 1. The number of amides is 1. The summed E-state index contributed by atoms with van der Waals surface area (Å²) in [5.41, 5.74) is 4.68. The molecule has 1 saturated heterocycles. The van der Waals surface area contributed by atoms with Crippen molar-refractivity contribution in [1.29, 1.82) is 0 Å². The zero-order valence-electron chi connectivity index (χ0n) is 16.2. The molecule has 4 heteroatoms. The van der Waals surface area contributed by atoms with Crippen molar-refractivity contribution in [3.8, 4) is 11.5 Å². The van der Waals surface area contributed by atoms with Gasteiger partial charge >= 0.3 is 0 Å². The molecule has 0 unspecified atom stereocenters. The van der Waals surface area contributed by atoms with Gasteiger partial charge in [-0.3, -0.25) is 4.79 Å². The van der Waals surface area contributed by atoms with Crippen LogP contribution in [0, 0.1) is 13.8 Å². The van der Waals surface area contributed by atoms with Crippen LogP contribution in [0.15, 0.2) is 36.4 Å². The Morgan fingerprint density at radius 2 is 1.96 bits per heavy atom. The minimum Gasteiger partial charge on any atom is -0.493 e. The lowest BCUT2D eigenvalue weighted by Crippen LogP contribution is -2.42. The molecule has 0 saturated carbocycles. The van der Waals surface area contributed by atoms with E-state index in [0.717, 1.165) is 56.0 Å². The number of aryl methyl sites for hydroxylation is 2. The normalized spacial score (nSPS) is 16.7. The van der Waals surface area contributed by atoms with E-state index >= 15 is 0 Å². The van der Waals surface area contributed by atoms with E-state index in [1.54, 1.807) is 0 Å². The predicted octanol–water partition coefficient (Wildman–Crippen LogP) is 3.85. The molecule has 1 fully saturated rings. The first-order valence-corrected chi connectivity index (χ1v) is 9.85. The summed E-state index contributed by atoms with van der Waals surface area (Å²) in [7, 11) is 0. The van der Waals surface area contributed by atoms with Crippen LogP contribution in [0.5, 0.6) is 11.5 Å². The Morgan fingerprint density at radius 1 is 1.15 bits per heavy atom. The quantitative estimate of drug-likeness (QED) is 0.826. The molecule has 0 atom stereocenters. The van der Waals surface area contributed by atoms with Gasteiger partial charge < -0.3 is 14.4 Å². The van der Waals surface area contributed by atoms with Crippen LogP contribution in [-0.2, 0) is 17.6 Å². The maximum absolute atomic E-state index is 12.7. The van der Waals surface area contributed by atoms with Gasteiger partial charge in [-0.2, -0.15) is 0 Å². The molecule has 2 aromatic carbocycles. The average molecular weight is 365 g/mol. The molecule has 142 valence electrons. The van der Waals surface area contributed by atoms with Gasteiger partial charge in [-0.15, -0.1) is 0 Å². The van der Waals surface area contributed by atoms with Gasteiger partial charge in [0.15, 0.2) is 0 Å². The van der Waals surface area contributed by atoms with Gasteiger partial charge in [0.2, 0.25) is 5.91 Å². The molecular weight excluding hydrogens is 338 g/mol. The Kier molecular flexibility index (Phi) is 5.06. The largest absolute Gasteiger partial charge is 0.493 e. The van der Waals surface area contributed by atoms with Gasteiger partial charge in [0.1, 0.15) is 17.6 Å². The van der Waals surface area contributed by atoms with Crippen molar-refractivity contribution in [2.45, 2.75) is 45.6 Å². The number of fused-ring (bicyclic) bond motifs is 1. The van der Waals surface area contributed by atoms with E-state index in [9.17, 15) is 4.79 Å². The molecule has 27 heavy (non-hydrogen) atoms. The number of likely N-dealkylation sites (tertiary alicyclic amines) is 1. The molecule has 0 aromatic heterocycles. The van der Waals surface area contributed by atoms with E-state index in [2.05, 4.69) is 38.1 Å². The summed E-state index contributed by atoms with van der Waals surface area (Å²) in [5, 5.41) is 0. The number of benzene rings is 2. The van der Waals surface area contributed by atoms with E-state index in [-0.39, 0.29) is 12.0 Å². The molecule has 0 spiro atoms. The van der Waals surface area contributed by atoms with Gasteiger partial charge in [-0.25, -0.2) is 0 Å². The van der Waals surface area contributed by atoms with Crippen LogP contribution in [-0.4, -0.2) is 36.6 Å². The summed E-state index contributed by atoms with van der Waals surface area (Å²) >= 11 is 0. The molecule has 2 aromatic rings. The van der Waals surface area contributed by atoms with Crippen molar-refractivity contribution in [3.05, 3.63) is 58.7 Å². The van der Waals surface area contributed by atoms with Crippen LogP contribution in [0.1, 0.15) is 35.1 Å². The molecule has 0 radical (unpaired) electrons. The van der Waals surface area contributed by atoms with Crippen LogP contribution in [0.4, 0.5) is 0 Å². The summed E-state index contributed by atoms with van der Waals surface area (Å²) in [4.78, 5) is 14.7. The second-order valence-corrected chi connectivity index (χ2v) is 7.68. The van der Waals surface area contributed by atoms with Crippen molar-refractivity contribution in [2.24, 2.45) is 0 Å². The summed E-state index contributed by atoms with van der Waals surface area (Å²) in [6, 6.07) is 12.4. The predicted molar refractivity (Wildman–Crippen MR) is 105 cm³/mol. The molecule has 4 nitrogen and oxygen atoms in total. The van der Waals surface area contributed by atoms with Gasteiger partial charge in [-0.1, -0.05) is 24.3 Å². The van der Waals surface area contributed by atoms with Crippen molar-refractivity contribution in [2.75, 3.05) is 19.7 Å². The smallest absolute Gasteiger partial charge is 0.226 e. The number of nitrogens with zero attached hydrogens (tertiary/aromatic N) is 1. The van der Waals surface area contributed by atoms with Crippen LogP contribution >= 0.6 is 0 Å². The zero-order valence-corrected chi connectivity index (χ0v) is 16.2. The first-order valence-electron chi connectivity index (χ1n) is 9.85. The number of hydrogen-bond donors (Lipinski definition) is 0. The summed E-state index contributed by atoms with van der Waals surface area (Å²) in [6.07, 6.45) is 3.37. The molecule has 4 rings (SSSR count). The number of rotatable bonds is 4. The highest BCUT2D eigenvalue weighted by Gasteiger charge is 2.24. The van der Waals surface area contributed by atoms with Crippen LogP contribution < -0.4 is 9.47 Å². The first kappa shape index (κ1) is 17.9. The number of ether oxygens (including phenoxy) is 2. The summed E-state index contributed by atoms with van der Waals surface area (Å²) in [5.74, 6) is 2.15. The van der Waals surface area contributed by atoms with Crippen LogP contribution in [0.25, 0.3) is 0 Å². The fourth-order valence-electron chi connectivity index (χ4n) is 3.87. The highest BCUT2D eigenvalue weighted by molar-refractivity contribution is 5.79. The molecule has 2 aliphatic heterocycles. The molecule has 0 aliphatic carbocycles. The number of carbonyl (C=O) groups excluding carboxylic acids is 1. The standard InChI is InChI=1S/C23H27NO3/c1-16-3-4-17(2)22(13-16)27-20-7-10-24(11-8-20)23(25)15-18-5-6-21-19(14-18)9-12-26-21/h3-6,13-14,20H,7-12,15H2,1-2H3. The molecular formula is C23H27NO3. The minimum atomic E-state index is 0.187. The van der Waals surface area contributed by atoms with Crippen LogP contribution in [0.3, 0.4) is 0 Å². The topological polar surface area (TPSA) is 38.8 Å². The maximum Gasteiger partial charge on any atom is 0.226 e. The van der Waals surface area contributed by atoms with E-state index in [0.29, 0.717) is 6.42 Å². The van der Waals surface area contributed by atoms with Gasteiger partial charge in [-0.05, 0) is 48.2 Å². The second-order valence-electron chi connectivity index (χ2n) is 7.68. The Bertz CT molecular complexity index is 838. The third-order valence-electron chi connectivity index (χ3n) is 5.54. The summed E-state index contributed by atoms with van der Waals surface area (Å²) in [6.45, 7) is 6.44. The second kappa shape index (κ2) is 7.63. The third kappa shape index (κ3) is 4.10. The minimum absolute atomic E-state index is 0.187. The number of carbonyl (C=O) groups is 1. The fraction of sp³-hybridized carbons (Fsp3) is 0.435. The third-order valence-corrected chi connectivity index (χ3v) is 5.54. The van der Waals surface area contributed by atoms with Gasteiger partial charge in [0.05, 0.1) is 13.0 Å². The van der Waals surface area contributed by atoms with Gasteiger partial charge in [0, 0.05) is 32.4 Å². The van der Waals surface area contributed by atoms with Crippen molar-refractivity contribution >= 4 is 5.91 Å². The Hall–Kier alpha value is -2.49. The zero-order chi connectivity index (χ0) is 18.8. The Morgan fingerprint density at radius 3 is 2.78 bits per heavy atom. The van der Waals surface area contributed by atoms with E-state index in [1.165, 1.54) is 16.7 Å². The molecule has 0 N–H and O–H groups in total. The monoisotopic (exact) mass is 365 g/mol. The SMILES string of the molecule is Cc1ccc(C)c(OC2CCN(C(=O)Cc3ccc4c(c3)CCO4)CC2)c1. The maximum atomic E-state index is 12.7. The van der Waals surface area contributed by atoms with Crippen molar-refractivity contribution < 1.29 is 14.3 Å². The van der Waals surface area contributed by atoms with E-state index in [1.807, 2.05) is 17.0 Å². The number of hydrogen-bond acceptors (Lipinski definition) is 3. The van der Waals surface area contributed by atoms with Crippen molar-refractivity contribution in [3.63, 3.8) is 0 Å². The summed E-state index contributed by atoms with van der Waals surface area (Å²) < 4.78 is 11.8. The lowest BCUT2D eigenvalue weighted by atomic mass is 10.0. The molecule has 2 aliphatic rings. The highest BCUT2D eigenvalue weighted by Crippen LogP contribution is 2.27. The average Bonchev–Trinajstić information content (AvgIpc) is 3.13. The fourth-order valence-corrected chi connectivity index (χ4v) is 3.87. The molecule has 1 amide bonds. The molecule has 0 bridgehead atoms. The lowest BCUT2D eigenvalue weighted by Gasteiger charge is -2.32. The Balaban J connectivity index is 1.31. The van der Waals surface area contributed by atoms with Crippen LogP contribution in [0.2, 0.25) is 0 Å². The lowest BCUT2D eigenvalue weighted by molar-refractivity contribution is -0.132. The van der Waals surface area contributed by atoms with E-state index < -0.39 is 0 Å². The highest BCUT2D eigenvalue weighted by atomic mass is 16.5. The first-order chi connectivity index (χ1) is 13.1. The molecule has 2 heterocycles. The van der Waals surface area contributed by atoms with Crippen molar-refractivity contribution in [1.82, 2.24) is 4.90 Å². The van der Waals surface area contributed by atoms with Gasteiger partial charge in [0.25, 0.3) is 0 Å². The van der Waals surface area contributed by atoms with E-state index in [4.69, 9.17) is 9.47 Å². The Labute approximate surface area is 161 Å².